The molecule has 1 heterocycles. The Labute approximate surface area is 97.0 Å². The first kappa shape index (κ1) is 10.9. The summed E-state index contributed by atoms with van der Waals surface area (Å²) in [4.78, 5) is 4.13. The van der Waals surface area contributed by atoms with Gasteiger partial charge in [-0.2, -0.15) is 0 Å². The summed E-state index contributed by atoms with van der Waals surface area (Å²) in [7, 11) is 0. The minimum Gasteiger partial charge on any atom is -0.306 e. The Morgan fingerprint density at radius 2 is 1.75 bits per heavy atom. The molecular weight excluding hydrogens is 196 g/mol. The number of aryl methyl sites for hydroxylation is 3. The summed E-state index contributed by atoms with van der Waals surface area (Å²) in [5, 5.41) is 0. The molecule has 1 aromatic heterocycles. The van der Waals surface area contributed by atoms with Crippen molar-refractivity contribution in [3.05, 3.63) is 47.5 Å². The van der Waals surface area contributed by atoms with Gasteiger partial charge in [-0.3, -0.25) is 0 Å². The van der Waals surface area contributed by atoms with Crippen LogP contribution >= 0.6 is 0 Å². The lowest BCUT2D eigenvalue weighted by Gasteiger charge is -2.15. The van der Waals surface area contributed by atoms with Crippen molar-refractivity contribution in [1.29, 1.82) is 0 Å². The van der Waals surface area contributed by atoms with E-state index in [4.69, 9.17) is 0 Å². The molecule has 0 aliphatic heterocycles. The molecule has 2 nitrogen and oxygen atoms in total. The molecule has 0 aliphatic rings. The molecule has 0 unspecified atom stereocenters. The number of benzene rings is 1. The molecule has 84 valence electrons. The van der Waals surface area contributed by atoms with Gasteiger partial charge in [0.25, 0.3) is 0 Å². The van der Waals surface area contributed by atoms with Crippen molar-refractivity contribution in [3.8, 4) is 5.69 Å². The third-order valence-corrected chi connectivity index (χ3v) is 2.94. The van der Waals surface area contributed by atoms with Crippen LogP contribution in [-0.2, 0) is 12.8 Å². The van der Waals surface area contributed by atoms with Crippen LogP contribution in [0.3, 0.4) is 0 Å². The van der Waals surface area contributed by atoms with Gasteiger partial charge >= 0.3 is 0 Å². The van der Waals surface area contributed by atoms with E-state index in [1.165, 1.54) is 22.4 Å². The minimum absolute atomic E-state index is 1.06. The van der Waals surface area contributed by atoms with E-state index in [-0.39, 0.29) is 0 Å². The number of hydrogen-bond donors (Lipinski definition) is 0. The molecule has 0 amide bonds. The maximum atomic E-state index is 4.13. The van der Waals surface area contributed by atoms with Crippen LogP contribution in [0.4, 0.5) is 0 Å². The number of imidazole rings is 1. The van der Waals surface area contributed by atoms with Crippen LogP contribution in [0.2, 0.25) is 0 Å². The van der Waals surface area contributed by atoms with Crippen molar-refractivity contribution >= 4 is 0 Å². The summed E-state index contributed by atoms with van der Waals surface area (Å²) < 4.78 is 2.12. The molecule has 2 rings (SSSR count). The highest BCUT2D eigenvalue weighted by atomic mass is 15.0. The van der Waals surface area contributed by atoms with Crippen molar-refractivity contribution in [1.82, 2.24) is 9.55 Å². The summed E-state index contributed by atoms with van der Waals surface area (Å²) in [6, 6.07) is 4.54. The van der Waals surface area contributed by atoms with E-state index in [2.05, 4.69) is 42.5 Å². The molecule has 0 aliphatic carbocycles. The molecule has 2 aromatic rings. The zero-order valence-electron chi connectivity index (χ0n) is 10.2. The van der Waals surface area contributed by atoms with Gasteiger partial charge in [-0.05, 0) is 30.9 Å². The molecule has 1 aromatic carbocycles. The first-order valence-corrected chi connectivity index (χ1v) is 5.87. The fraction of sp³-hybridized carbons (Fsp3) is 0.357. The quantitative estimate of drug-likeness (QED) is 0.766. The molecule has 2 heteroatoms. The Morgan fingerprint density at radius 3 is 2.19 bits per heavy atom. The maximum Gasteiger partial charge on any atom is 0.0991 e. The van der Waals surface area contributed by atoms with Gasteiger partial charge in [-0.15, -0.1) is 0 Å². The normalized spacial score (nSPS) is 10.7. The summed E-state index contributed by atoms with van der Waals surface area (Å²) in [6.07, 6.45) is 7.84. The molecule has 0 N–H and O–H groups in total. The fourth-order valence-corrected chi connectivity index (χ4v) is 2.20. The fourth-order valence-electron chi connectivity index (χ4n) is 2.20. The van der Waals surface area contributed by atoms with Crippen LogP contribution in [-0.4, -0.2) is 9.55 Å². The van der Waals surface area contributed by atoms with Gasteiger partial charge < -0.3 is 4.57 Å². The van der Waals surface area contributed by atoms with Crippen molar-refractivity contribution in [2.45, 2.75) is 33.6 Å². The third kappa shape index (κ3) is 1.87. The van der Waals surface area contributed by atoms with Crippen molar-refractivity contribution < 1.29 is 0 Å². The van der Waals surface area contributed by atoms with Crippen LogP contribution in [0.25, 0.3) is 5.69 Å². The number of rotatable bonds is 3. The highest BCUT2D eigenvalue weighted by Gasteiger charge is 2.08. The van der Waals surface area contributed by atoms with Gasteiger partial charge in [-0.25, -0.2) is 4.98 Å². The van der Waals surface area contributed by atoms with E-state index in [9.17, 15) is 0 Å². The Kier molecular flexibility index (Phi) is 3.09. The van der Waals surface area contributed by atoms with Crippen LogP contribution in [0, 0.1) is 6.92 Å². The van der Waals surface area contributed by atoms with E-state index < -0.39 is 0 Å². The number of nitrogens with zero attached hydrogens (tertiary/aromatic N) is 2. The monoisotopic (exact) mass is 214 g/mol. The van der Waals surface area contributed by atoms with E-state index in [0.29, 0.717) is 0 Å². The average Bonchev–Trinajstić information content (AvgIpc) is 2.80. The second-order valence-corrected chi connectivity index (χ2v) is 4.11. The Balaban J connectivity index is 2.65. The van der Waals surface area contributed by atoms with Gasteiger partial charge in [0.15, 0.2) is 0 Å². The second kappa shape index (κ2) is 4.52. The van der Waals surface area contributed by atoms with Crippen LogP contribution in [0.1, 0.15) is 30.5 Å². The lowest BCUT2D eigenvalue weighted by Crippen LogP contribution is -2.02. The van der Waals surface area contributed by atoms with Gasteiger partial charge in [0.05, 0.1) is 12.0 Å². The zero-order chi connectivity index (χ0) is 11.5. The molecular formula is C14H18N2. The Hall–Kier alpha value is -1.57. The highest BCUT2D eigenvalue weighted by molar-refractivity contribution is 5.50. The molecule has 0 spiro atoms. The topological polar surface area (TPSA) is 17.8 Å². The Bertz CT molecular complexity index is 444. The first-order valence-electron chi connectivity index (χ1n) is 5.87. The van der Waals surface area contributed by atoms with E-state index in [1.807, 2.05) is 18.7 Å². The van der Waals surface area contributed by atoms with Crippen molar-refractivity contribution in [2.75, 3.05) is 0 Å². The molecule has 0 atom stereocenters. The molecule has 0 fully saturated rings. The predicted octanol–water partition coefficient (Wildman–Crippen LogP) is 3.31. The Morgan fingerprint density at radius 1 is 1.12 bits per heavy atom. The summed E-state index contributed by atoms with van der Waals surface area (Å²) in [5.41, 5.74) is 5.45. The molecule has 0 radical (unpaired) electrons. The minimum atomic E-state index is 1.06. The standard InChI is InChI=1S/C14H18N2/c1-4-12-8-11(3)9-13(5-2)14(12)16-7-6-15-10-16/h6-10H,4-5H2,1-3H3. The van der Waals surface area contributed by atoms with Crippen LogP contribution in [0.5, 0.6) is 0 Å². The average molecular weight is 214 g/mol. The van der Waals surface area contributed by atoms with Crippen molar-refractivity contribution in [3.63, 3.8) is 0 Å². The molecule has 0 saturated heterocycles. The predicted molar refractivity (Wildman–Crippen MR) is 67.1 cm³/mol. The maximum absolute atomic E-state index is 4.13. The van der Waals surface area contributed by atoms with Crippen molar-refractivity contribution in [2.24, 2.45) is 0 Å². The second-order valence-electron chi connectivity index (χ2n) is 4.11. The van der Waals surface area contributed by atoms with Gasteiger partial charge in [0.2, 0.25) is 0 Å². The smallest absolute Gasteiger partial charge is 0.0991 e. The summed E-state index contributed by atoms with van der Waals surface area (Å²) >= 11 is 0. The summed E-state index contributed by atoms with van der Waals surface area (Å²) in [5.74, 6) is 0. The van der Waals surface area contributed by atoms with E-state index in [1.54, 1.807) is 0 Å². The van der Waals surface area contributed by atoms with Gasteiger partial charge in [0.1, 0.15) is 0 Å². The van der Waals surface area contributed by atoms with Gasteiger partial charge in [0, 0.05) is 12.4 Å². The summed E-state index contributed by atoms with van der Waals surface area (Å²) in [6.45, 7) is 6.57. The lowest BCUT2D eigenvalue weighted by atomic mass is 9.99. The molecule has 16 heavy (non-hydrogen) atoms. The molecule has 0 bridgehead atoms. The van der Waals surface area contributed by atoms with Crippen LogP contribution < -0.4 is 0 Å². The SMILES string of the molecule is CCc1cc(C)cc(CC)c1-n1ccnc1. The van der Waals surface area contributed by atoms with Crippen LogP contribution in [0.15, 0.2) is 30.9 Å². The number of hydrogen-bond acceptors (Lipinski definition) is 1. The number of aromatic nitrogens is 2. The highest BCUT2D eigenvalue weighted by Crippen LogP contribution is 2.23. The zero-order valence-corrected chi connectivity index (χ0v) is 10.2. The molecule has 0 saturated carbocycles. The third-order valence-electron chi connectivity index (χ3n) is 2.94. The lowest BCUT2D eigenvalue weighted by molar-refractivity contribution is 0.958. The van der Waals surface area contributed by atoms with Gasteiger partial charge in [-0.1, -0.05) is 31.5 Å². The van der Waals surface area contributed by atoms with E-state index in [0.717, 1.165) is 12.8 Å². The first-order chi connectivity index (χ1) is 7.76. The van der Waals surface area contributed by atoms with E-state index >= 15 is 0 Å². The largest absolute Gasteiger partial charge is 0.306 e.